The van der Waals surface area contributed by atoms with E-state index >= 15 is 0 Å². The summed E-state index contributed by atoms with van der Waals surface area (Å²) in [6.07, 6.45) is 9.13. The van der Waals surface area contributed by atoms with Crippen molar-refractivity contribution in [1.82, 2.24) is 14.4 Å². The molecule has 2 fully saturated rings. The van der Waals surface area contributed by atoms with Crippen LogP contribution in [0.3, 0.4) is 0 Å². The van der Waals surface area contributed by atoms with Gasteiger partial charge in [0.1, 0.15) is 23.1 Å². The molecule has 3 heterocycles. The minimum atomic E-state index is -4.00. The lowest BCUT2D eigenvalue weighted by molar-refractivity contribution is -0.140. The summed E-state index contributed by atoms with van der Waals surface area (Å²) in [4.78, 5) is 15.4. The summed E-state index contributed by atoms with van der Waals surface area (Å²) < 4.78 is 66.6. The van der Waals surface area contributed by atoms with Gasteiger partial charge in [0, 0.05) is 36.7 Å². The van der Waals surface area contributed by atoms with Crippen LogP contribution >= 0.6 is 0 Å². The van der Waals surface area contributed by atoms with E-state index in [9.17, 15) is 22.0 Å². The number of halogens is 2. The molecule has 8 nitrogen and oxygen atoms in total. The van der Waals surface area contributed by atoms with Gasteiger partial charge in [0.2, 0.25) is 15.9 Å². The maximum Gasteiger partial charge on any atom is 0.248 e. The molecule has 208 valence electrons. The summed E-state index contributed by atoms with van der Waals surface area (Å²) in [5.41, 5.74) is 0.257. The smallest absolute Gasteiger partial charge is 0.248 e. The summed E-state index contributed by atoms with van der Waals surface area (Å²) in [7, 11) is -4.00. The molecule has 0 radical (unpaired) electrons. The van der Waals surface area contributed by atoms with Crippen LogP contribution in [-0.2, 0) is 21.4 Å². The number of aromatic nitrogens is 1. The van der Waals surface area contributed by atoms with Crippen molar-refractivity contribution in [2.75, 3.05) is 13.1 Å². The number of carbonyl (C=O) groups is 1. The molecule has 1 saturated heterocycles. The highest BCUT2D eigenvalue weighted by atomic mass is 32.2. The number of piperidine rings is 1. The second-order valence-corrected chi connectivity index (χ2v) is 12.0. The second-order valence-electron chi connectivity index (χ2n) is 10.1. The summed E-state index contributed by atoms with van der Waals surface area (Å²) in [6, 6.07) is 6.95. The fourth-order valence-electron chi connectivity index (χ4n) is 5.48. The van der Waals surface area contributed by atoms with Crippen molar-refractivity contribution in [1.29, 1.82) is 0 Å². The van der Waals surface area contributed by atoms with E-state index in [4.69, 9.17) is 8.94 Å². The number of sulfonamides is 1. The van der Waals surface area contributed by atoms with Crippen molar-refractivity contribution in [3.8, 4) is 0 Å². The zero-order valence-electron chi connectivity index (χ0n) is 21.7. The maximum atomic E-state index is 14.0. The Morgan fingerprint density at radius 2 is 1.87 bits per heavy atom. The first-order valence-corrected chi connectivity index (χ1v) is 14.6. The molecule has 0 spiro atoms. The van der Waals surface area contributed by atoms with E-state index in [1.807, 2.05) is 17.0 Å². The van der Waals surface area contributed by atoms with Crippen molar-refractivity contribution >= 4 is 28.1 Å². The second kappa shape index (κ2) is 11.4. The minimum absolute atomic E-state index is 0.0414. The number of hydrogen-bond donors (Lipinski definition) is 0. The highest BCUT2D eigenvalue weighted by Gasteiger charge is 2.38. The van der Waals surface area contributed by atoms with Gasteiger partial charge < -0.3 is 13.8 Å². The highest BCUT2D eigenvalue weighted by molar-refractivity contribution is 7.89. The molecule has 39 heavy (non-hydrogen) atoms. The van der Waals surface area contributed by atoms with Gasteiger partial charge >= 0.3 is 0 Å². The summed E-state index contributed by atoms with van der Waals surface area (Å²) >= 11 is 0. The van der Waals surface area contributed by atoms with Crippen LogP contribution in [-0.4, -0.2) is 47.8 Å². The molecule has 1 saturated carbocycles. The van der Waals surface area contributed by atoms with Gasteiger partial charge in [-0.25, -0.2) is 17.2 Å². The zero-order chi connectivity index (χ0) is 27.6. The van der Waals surface area contributed by atoms with Crippen LogP contribution < -0.4 is 0 Å². The van der Waals surface area contributed by atoms with Crippen LogP contribution in [0.2, 0.25) is 0 Å². The number of rotatable bonds is 8. The topological polar surface area (TPSA) is 96.9 Å². The van der Waals surface area contributed by atoms with Gasteiger partial charge in [-0.2, -0.15) is 4.31 Å². The van der Waals surface area contributed by atoms with Crippen molar-refractivity contribution in [2.45, 2.75) is 62.9 Å². The molecule has 1 aliphatic carbocycles. The lowest BCUT2D eigenvalue weighted by atomic mass is 9.95. The number of amides is 1. The minimum Gasteiger partial charge on any atom is -0.467 e. The monoisotopic (exact) mass is 559 g/mol. The first-order chi connectivity index (χ1) is 18.7. The Morgan fingerprint density at radius 3 is 2.54 bits per heavy atom. The lowest BCUT2D eigenvalue weighted by Crippen LogP contribution is -2.46. The van der Waals surface area contributed by atoms with Gasteiger partial charge in [0.25, 0.3) is 0 Å². The maximum absolute atomic E-state index is 14.0. The third-order valence-electron chi connectivity index (χ3n) is 7.57. The SMILES string of the molecule is Cc1noc(/C=C/c2ccc(F)cc2F)c1S(=O)(=O)N1CCC(C(=O)N(Cc2ccco2)C2CCCC2)CC1. The van der Waals surface area contributed by atoms with Crippen LogP contribution in [0.1, 0.15) is 61.3 Å². The van der Waals surface area contributed by atoms with E-state index in [1.165, 1.54) is 29.4 Å². The molecule has 11 heteroatoms. The fourth-order valence-corrected chi connectivity index (χ4v) is 7.20. The largest absolute Gasteiger partial charge is 0.467 e. The molecule has 0 atom stereocenters. The number of hydrogen-bond acceptors (Lipinski definition) is 6. The van der Waals surface area contributed by atoms with E-state index < -0.39 is 21.7 Å². The molecular formula is C28H31F2N3O5S. The van der Waals surface area contributed by atoms with Crippen molar-refractivity contribution in [2.24, 2.45) is 5.92 Å². The van der Waals surface area contributed by atoms with Crippen molar-refractivity contribution in [3.63, 3.8) is 0 Å². The normalized spacial score (nSPS) is 17.8. The van der Waals surface area contributed by atoms with Gasteiger partial charge in [-0.15, -0.1) is 0 Å². The molecule has 0 N–H and O–H groups in total. The predicted molar refractivity (Wildman–Crippen MR) is 140 cm³/mol. The van der Waals surface area contributed by atoms with Crippen molar-refractivity contribution in [3.05, 3.63) is 71.0 Å². The molecule has 1 amide bonds. The summed E-state index contributed by atoms with van der Waals surface area (Å²) in [5, 5.41) is 3.82. The Labute approximate surface area is 226 Å². The van der Waals surface area contributed by atoms with Gasteiger partial charge in [0.05, 0.1) is 12.8 Å². The Hall–Kier alpha value is -3.31. The molecule has 0 unspecified atom stereocenters. The van der Waals surface area contributed by atoms with Gasteiger partial charge in [-0.3, -0.25) is 4.79 Å². The molecule has 2 aliphatic rings. The third-order valence-corrected chi connectivity index (χ3v) is 9.62. The Morgan fingerprint density at radius 1 is 1.13 bits per heavy atom. The Balaban J connectivity index is 1.29. The first-order valence-electron chi connectivity index (χ1n) is 13.2. The molecule has 3 aromatic rings. The molecule has 1 aliphatic heterocycles. The van der Waals surface area contributed by atoms with E-state index in [-0.39, 0.29) is 52.9 Å². The first kappa shape index (κ1) is 27.3. The predicted octanol–water partition coefficient (Wildman–Crippen LogP) is 5.40. The Bertz CT molecular complexity index is 1440. The van der Waals surface area contributed by atoms with E-state index in [2.05, 4.69) is 5.16 Å². The van der Waals surface area contributed by atoms with Crippen molar-refractivity contribution < 1.29 is 30.9 Å². The number of aryl methyl sites for hydroxylation is 1. The van der Waals surface area contributed by atoms with Gasteiger partial charge in [-0.05, 0) is 69.0 Å². The average molecular weight is 560 g/mol. The number of furan rings is 1. The number of nitrogens with zero attached hydrogens (tertiary/aromatic N) is 3. The highest BCUT2D eigenvalue weighted by Crippen LogP contribution is 2.32. The summed E-state index contributed by atoms with van der Waals surface area (Å²) in [5.74, 6) is -1.03. The van der Waals surface area contributed by atoms with Crippen LogP contribution in [0, 0.1) is 24.5 Å². The van der Waals surface area contributed by atoms with E-state index in [0.29, 0.717) is 19.4 Å². The molecule has 5 rings (SSSR count). The molecule has 2 aromatic heterocycles. The van der Waals surface area contributed by atoms with Gasteiger partial charge in [-0.1, -0.05) is 18.0 Å². The lowest BCUT2D eigenvalue weighted by Gasteiger charge is -2.35. The van der Waals surface area contributed by atoms with E-state index in [1.54, 1.807) is 6.26 Å². The summed E-state index contributed by atoms with van der Waals surface area (Å²) in [6.45, 7) is 2.30. The zero-order valence-corrected chi connectivity index (χ0v) is 22.5. The fraction of sp³-hybridized carbons (Fsp3) is 0.429. The average Bonchev–Trinajstić information content (AvgIpc) is 3.69. The van der Waals surface area contributed by atoms with Crippen LogP contribution in [0.4, 0.5) is 8.78 Å². The van der Waals surface area contributed by atoms with Crippen LogP contribution in [0.25, 0.3) is 12.2 Å². The molecular weight excluding hydrogens is 528 g/mol. The van der Waals surface area contributed by atoms with Crippen LogP contribution in [0.5, 0.6) is 0 Å². The third kappa shape index (κ3) is 5.84. The van der Waals surface area contributed by atoms with Gasteiger partial charge in [0.15, 0.2) is 10.7 Å². The Kier molecular flexibility index (Phi) is 7.99. The number of benzene rings is 1. The standard InChI is InChI=1S/C28H31F2N3O5S/c1-19-27(26(38-31-19)11-9-20-8-10-22(29)17-25(20)30)39(35,36)32-14-12-21(13-15-32)28(34)33(23-5-2-3-6-23)18-24-7-4-16-37-24/h4,7-11,16-17,21,23H,2-3,5-6,12-15,18H2,1H3/b11-9+. The molecule has 1 aromatic carbocycles. The molecule has 0 bridgehead atoms. The quantitative estimate of drug-likeness (QED) is 0.367. The number of carbonyl (C=O) groups excluding carboxylic acids is 1. The van der Waals surface area contributed by atoms with E-state index in [0.717, 1.165) is 43.6 Å². The van der Waals surface area contributed by atoms with Crippen LogP contribution in [0.15, 0.2) is 50.4 Å².